The molecule has 2 bridgehead atoms. The molecule has 0 saturated carbocycles. The molecule has 2 fully saturated rings. The van der Waals surface area contributed by atoms with Crippen LogP contribution in [-0.4, -0.2) is 29.6 Å². The second kappa shape index (κ2) is 4.03. The summed E-state index contributed by atoms with van der Waals surface area (Å²) < 4.78 is 0. The maximum atomic E-state index is 6.03. The lowest BCUT2D eigenvalue weighted by molar-refractivity contribution is 0.139. The van der Waals surface area contributed by atoms with Gasteiger partial charge in [-0.2, -0.15) is 0 Å². The monoisotopic (exact) mass is 194 g/mol. The highest BCUT2D eigenvalue weighted by atomic mass is 15.2. The Hall–Kier alpha value is -0.340. The van der Waals surface area contributed by atoms with Gasteiger partial charge >= 0.3 is 0 Å². The van der Waals surface area contributed by atoms with E-state index in [2.05, 4.69) is 18.4 Å². The zero-order valence-corrected chi connectivity index (χ0v) is 9.21. The van der Waals surface area contributed by atoms with E-state index in [-0.39, 0.29) is 0 Å². The largest absolute Gasteiger partial charge is 0.328 e. The predicted molar refractivity (Wildman–Crippen MR) is 60.2 cm³/mol. The highest BCUT2D eigenvalue weighted by Gasteiger charge is 2.39. The van der Waals surface area contributed by atoms with Crippen molar-refractivity contribution in [1.82, 2.24) is 4.90 Å². The van der Waals surface area contributed by atoms with Gasteiger partial charge in [-0.05, 0) is 32.1 Å². The van der Waals surface area contributed by atoms with Crippen LogP contribution in [-0.2, 0) is 0 Å². The van der Waals surface area contributed by atoms with Crippen molar-refractivity contribution in [2.24, 2.45) is 5.73 Å². The quantitative estimate of drug-likeness (QED) is 0.695. The Morgan fingerprint density at radius 1 is 1.36 bits per heavy atom. The molecular formula is C12H22N2. The van der Waals surface area contributed by atoms with E-state index in [1.807, 2.05) is 0 Å². The second-order valence-electron chi connectivity index (χ2n) is 4.89. The number of hydrogen-bond donors (Lipinski definition) is 1. The molecule has 0 aromatic rings. The summed E-state index contributed by atoms with van der Waals surface area (Å²) in [7, 11) is 0. The number of fused-ring (bicyclic) bond motifs is 2. The average Bonchev–Trinajstić information content (AvgIpc) is 2.41. The summed E-state index contributed by atoms with van der Waals surface area (Å²) in [6.07, 6.45) is 6.23. The van der Waals surface area contributed by atoms with Crippen LogP contribution in [0.15, 0.2) is 12.2 Å². The molecule has 0 radical (unpaired) electrons. The Kier molecular flexibility index (Phi) is 2.93. The summed E-state index contributed by atoms with van der Waals surface area (Å²) >= 11 is 0. The van der Waals surface area contributed by atoms with Gasteiger partial charge in [0.05, 0.1) is 0 Å². The molecule has 2 heteroatoms. The summed E-state index contributed by atoms with van der Waals surface area (Å²) in [6, 6.07) is 1.97. The van der Waals surface area contributed by atoms with Crippen molar-refractivity contribution in [3.63, 3.8) is 0 Å². The number of piperidine rings is 1. The van der Waals surface area contributed by atoms with Crippen LogP contribution in [0, 0.1) is 0 Å². The van der Waals surface area contributed by atoms with E-state index in [0.29, 0.717) is 6.04 Å². The summed E-state index contributed by atoms with van der Waals surface area (Å²) in [4.78, 5) is 2.65. The van der Waals surface area contributed by atoms with Crippen molar-refractivity contribution in [2.75, 3.05) is 6.54 Å². The number of hydrogen-bond acceptors (Lipinski definition) is 2. The maximum Gasteiger partial charge on any atom is 0.0195 e. The van der Waals surface area contributed by atoms with Gasteiger partial charge in [-0.3, -0.25) is 4.90 Å². The lowest BCUT2D eigenvalue weighted by Crippen LogP contribution is -2.47. The van der Waals surface area contributed by atoms with Crippen molar-refractivity contribution >= 4 is 0 Å². The molecule has 80 valence electrons. The lowest BCUT2D eigenvalue weighted by Gasteiger charge is -2.38. The molecule has 2 N–H and O–H groups in total. The van der Waals surface area contributed by atoms with Crippen LogP contribution in [0.2, 0.25) is 0 Å². The SMILES string of the molecule is C=C(CC)CN1[C@@H]2CC[C@H]1CC(N)C2. The van der Waals surface area contributed by atoms with Gasteiger partial charge in [0.25, 0.3) is 0 Å². The van der Waals surface area contributed by atoms with Crippen LogP contribution in [0.3, 0.4) is 0 Å². The van der Waals surface area contributed by atoms with Gasteiger partial charge in [-0.15, -0.1) is 0 Å². The Morgan fingerprint density at radius 2 is 1.93 bits per heavy atom. The van der Waals surface area contributed by atoms with Crippen molar-refractivity contribution in [3.05, 3.63) is 12.2 Å². The Labute approximate surface area is 87.2 Å². The Balaban J connectivity index is 1.97. The van der Waals surface area contributed by atoms with Gasteiger partial charge in [-0.1, -0.05) is 19.1 Å². The third kappa shape index (κ3) is 1.86. The minimum absolute atomic E-state index is 0.457. The first-order valence-electron chi connectivity index (χ1n) is 5.88. The van der Waals surface area contributed by atoms with Crippen molar-refractivity contribution in [1.29, 1.82) is 0 Å². The van der Waals surface area contributed by atoms with E-state index in [9.17, 15) is 0 Å². The summed E-state index contributed by atoms with van der Waals surface area (Å²) in [6.45, 7) is 7.41. The topological polar surface area (TPSA) is 29.3 Å². The first-order chi connectivity index (χ1) is 6.70. The standard InChI is InChI=1S/C12H22N2/c1-3-9(2)8-14-11-4-5-12(14)7-10(13)6-11/h10-12H,2-8,13H2,1H3/t10?,11-,12+. The fourth-order valence-electron chi connectivity index (χ4n) is 2.94. The molecule has 3 atom stereocenters. The third-order valence-electron chi connectivity index (χ3n) is 3.83. The number of rotatable bonds is 3. The molecule has 0 aromatic carbocycles. The molecule has 2 nitrogen and oxygen atoms in total. The highest BCUT2D eigenvalue weighted by Crippen LogP contribution is 2.35. The van der Waals surface area contributed by atoms with Crippen LogP contribution >= 0.6 is 0 Å². The summed E-state index contributed by atoms with van der Waals surface area (Å²) in [5.74, 6) is 0. The molecule has 0 amide bonds. The zero-order valence-electron chi connectivity index (χ0n) is 9.21. The fraction of sp³-hybridized carbons (Fsp3) is 0.833. The molecule has 2 heterocycles. The van der Waals surface area contributed by atoms with Crippen molar-refractivity contribution in [3.8, 4) is 0 Å². The zero-order chi connectivity index (χ0) is 10.1. The molecule has 0 aromatic heterocycles. The molecule has 2 aliphatic rings. The smallest absolute Gasteiger partial charge is 0.0195 e. The van der Waals surface area contributed by atoms with E-state index in [1.165, 1.54) is 31.3 Å². The summed E-state index contributed by atoms with van der Waals surface area (Å²) in [5.41, 5.74) is 7.40. The van der Waals surface area contributed by atoms with E-state index >= 15 is 0 Å². The van der Waals surface area contributed by atoms with Gasteiger partial charge in [-0.25, -0.2) is 0 Å². The van der Waals surface area contributed by atoms with Crippen LogP contribution in [0.5, 0.6) is 0 Å². The van der Waals surface area contributed by atoms with E-state index in [4.69, 9.17) is 5.73 Å². The molecule has 2 saturated heterocycles. The number of nitrogens with two attached hydrogens (primary N) is 1. The molecule has 0 spiro atoms. The molecule has 1 unspecified atom stereocenters. The third-order valence-corrected chi connectivity index (χ3v) is 3.83. The van der Waals surface area contributed by atoms with E-state index < -0.39 is 0 Å². The predicted octanol–water partition coefficient (Wildman–Crippen LogP) is 1.91. The van der Waals surface area contributed by atoms with Gasteiger partial charge in [0, 0.05) is 24.7 Å². The first-order valence-corrected chi connectivity index (χ1v) is 5.88. The molecule has 2 rings (SSSR count). The van der Waals surface area contributed by atoms with Gasteiger partial charge < -0.3 is 5.73 Å². The average molecular weight is 194 g/mol. The fourth-order valence-corrected chi connectivity index (χ4v) is 2.94. The van der Waals surface area contributed by atoms with E-state index in [0.717, 1.165) is 25.0 Å². The molecule has 14 heavy (non-hydrogen) atoms. The van der Waals surface area contributed by atoms with Crippen LogP contribution in [0.4, 0.5) is 0 Å². The number of nitrogens with zero attached hydrogens (tertiary/aromatic N) is 1. The van der Waals surface area contributed by atoms with Crippen LogP contribution < -0.4 is 5.73 Å². The Bertz CT molecular complexity index is 210. The Morgan fingerprint density at radius 3 is 2.43 bits per heavy atom. The second-order valence-corrected chi connectivity index (χ2v) is 4.89. The van der Waals surface area contributed by atoms with Gasteiger partial charge in [0.1, 0.15) is 0 Å². The van der Waals surface area contributed by atoms with Crippen LogP contribution in [0.1, 0.15) is 39.0 Å². The van der Waals surface area contributed by atoms with E-state index in [1.54, 1.807) is 0 Å². The lowest BCUT2D eigenvalue weighted by atomic mass is 9.97. The minimum atomic E-state index is 0.457. The van der Waals surface area contributed by atoms with Crippen molar-refractivity contribution in [2.45, 2.75) is 57.2 Å². The van der Waals surface area contributed by atoms with Crippen LogP contribution in [0.25, 0.3) is 0 Å². The van der Waals surface area contributed by atoms with Gasteiger partial charge in [0.15, 0.2) is 0 Å². The first kappa shape index (κ1) is 10.2. The van der Waals surface area contributed by atoms with Gasteiger partial charge in [0.2, 0.25) is 0 Å². The highest BCUT2D eigenvalue weighted by molar-refractivity contribution is 5.04. The molecule has 2 aliphatic heterocycles. The molecule has 0 aliphatic carbocycles. The minimum Gasteiger partial charge on any atom is -0.328 e. The normalized spacial score (nSPS) is 37.4. The molecular weight excluding hydrogens is 172 g/mol. The maximum absolute atomic E-state index is 6.03. The van der Waals surface area contributed by atoms with Crippen molar-refractivity contribution < 1.29 is 0 Å². The summed E-state index contributed by atoms with van der Waals surface area (Å²) in [5, 5.41) is 0.